The molecule has 0 amide bonds. The maximum absolute atomic E-state index is 12.2. The van der Waals surface area contributed by atoms with Crippen LogP contribution in [-0.2, 0) is 0 Å². The summed E-state index contributed by atoms with van der Waals surface area (Å²) in [5.41, 5.74) is -7.33. The maximum atomic E-state index is 12.2. The van der Waals surface area contributed by atoms with Crippen LogP contribution in [0.3, 0.4) is 0 Å². The van der Waals surface area contributed by atoms with Crippen molar-refractivity contribution < 1.29 is 51.1 Å². The third-order valence-electron chi connectivity index (χ3n) is 12.8. The Morgan fingerprint density at radius 3 is 1.90 bits per heavy atom. The SMILES string of the molecule is CN(C)C1CCC(C2CC(C(C)(C)C)C(O)C3C(O)C4C(O)C5(O)C(O)C(C(O)O)C(O)CC5(O)CC4(O)CC23)CC1. The highest BCUT2D eigenvalue weighted by Gasteiger charge is 2.76. The van der Waals surface area contributed by atoms with Gasteiger partial charge in [0.2, 0.25) is 0 Å². The number of nitrogens with zero attached hydrogens (tertiary/aromatic N) is 1. The van der Waals surface area contributed by atoms with Gasteiger partial charge in [-0.15, -0.1) is 0 Å². The van der Waals surface area contributed by atoms with E-state index in [0.29, 0.717) is 12.0 Å². The largest absolute Gasteiger partial charge is 0.392 e. The fourth-order valence-corrected chi connectivity index (χ4v) is 10.6. The zero-order chi connectivity index (χ0) is 31.3. The molecule has 11 heteroatoms. The molecule has 0 radical (unpaired) electrons. The molecule has 0 aromatic rings. The van der Waals surface area contributed by atoms with Gasteiger partial charge in [-0.1, -0.05) is 20.8 Å². The quantitative estimate of drug-likeness (QED) is 0.173. The monoisotopic (exact) mass is 601 g/mol. The van der Waals surface area contributed by atoms with Crippen LogP contribution >= 0.6 is 0 Å². The molecule has 0 aromatic heterocycles. The molecule has 0 bridgehead atoms. The normalized spacial score (nSPS) is 55.2. The second-order valence-corrected chi connectivity index (χ2v) is 16.1. The summed E-state index contributed by atoms with van der Waals surface area (Å²) in [6.07, 6.45) is -6.92. The molecule has 244 valence electrons. The number of hydrogen-bond donors (Lipinski definition) is 10. The van der Waals surface area contributed by atoms with Gasteiger partial charge in [-0.25, -0.2) is 0 Å². The second kappa shape index (κ2) is 10.8. The van der Waals surface area contributed by atoms with Crippen molar-refractivity contribution in [1.82, 2.24) is 4.90 Å². The van der Waals surface area contributed by atoms with Crippen LogP contribution in [0.15, 0.2) is 0 Å². The molecule has 11 nitrogen and oxygen atoms in total. The summed E-state index contributed by atoms with van der Waals surface area (Å²) in [7, 11) is 4.17. The van der Waals surface area contributed by atoms with E-state index in [1.807, 2.05) is 0 Å². The second-order valence-electron chi connectivity index (χ2n) is 16.1. The van der Waals surface area contributed by atoms with Crippen molar-refractivity contribution in [1.29, 1.82) is 0 Å². The molecule has 5 aliphatic carbocycles. The van der Waals surface area contributed by atoms with Gasteiger partial charge in [0.05, 0.1) is 42.0 Å². The molecule has 0 aromatic carbocycles. The van der Waals surface area contributed by atoms with E-state index in [1.54, 1.807) is 0 Å². The summed E-state index contributed by atoms with van der Waals surface area (Å²) in [6.45, 7) is 6.19. The van der Waals surface area contributed by atoms with Crippen molar-refractivity contribution in [2.75, 3.05) is 14.1 Å². The lowest BCUT2D eigenvalue weighted by molar-refractivity contribution is -0.374. The van der Waals surface area contributed by atoms with E-state index < -0.39 is 84.2 Å². The van der Waals surface area contributed by atoms with Gasteiger partial charge in [0.1, 0.15) is 11.2 Å². The van der Waals surface area contributed by atoms with Gasteiger partial charge in [0, 0.05) is 30.7 Å². The van der Waals surface area contributed by atoms with Gasteiger partial charge in [-0.05, 0) is 81.7 Å². The Hall–Kier alpha value is -0.440. The van der Waals surface area contributed by atoms with Crippen LogP contribution in [0.5, 0.6) is 0 Å². The van der Waals surface area contributed by atoms with E-state index in [9.17, 15) is 51.1 Å². The Morgan fingerprint density at radius 1 is 0.786 bits per heavy atom. The third kappa shape index (κ3) is 4.81. The molecule has 5 aliphatic rings. The van der Waals surface area contributed by atoms with Gasteiger partial charge >= 0.3 is 0 Å². The average Bonchev–Trinajstić information content (AvgIpc) is 2.85. The molecule has 5 rings (SSSR count). The Morgan fingerprint density at radius 2 is 1.38 bits per heavy atom. The maximum Gasteiger partial charge on any atom is 0.159 e. The van der Waals surface area contributed by atoms with E-state index >= 15 is 0 Å². The number of aliphatic hydroxyl groups excluding tert-OH is 6. The molecule has 0 heterocycles. The summed E-state index contributed by atoms with van der Waals surface area (Å²) >= 11 is 0. The molecule has 0 spiro atoms. The molecular formula is C31H55NO10. The van der Waals surface area contributed by atoms with Crippen molar-refractivity contribution in [2.24, 2.45) is 46.8 Å². The van der Waals surface area contributed by atoms with Crippen LogP contribution < -0.4 is 0 Å². The van der Waals surface area contributed by atoms with Gasteiger partial charge in [0.15, 0.2) is 6.29 Å². The molecule has 0 aliphatic heterocycles. The first-order valence-electron chi connectivity index (χ1n) is 15.9. The number of hydrogen-bond acceptors (Lipinski definition) is 11. The van der Waals surface area contributed by atoms with E-state index in [-0.39, 0.29) is 29.6 Å². The highest BCUT2D eigenvalue weighted by molar-refractivity contribution is 5.26. The lowest BCUT2D eigenvalue weighted by Gasteiger charge is -2.68. The van der Waals surface area contributed by atoms with Crippen molar-refractivity contribution in [3.8, 4) is 0 Å². The summed E-state index contributed by atoms with van der Waals surface area (Å²) in [5.74, 6) is -3.95. The van der Waals surface area contributed by atoms with Gasteiger partial charge in [-0.3, -0.25) is 0 Å². The number of aliphatic hydroxyl groups is 10. The topological polar surface area (TPSA) is 206 Å². The molecule has 5 saturated carbocycles. The first-order valence-corrected chi connectivity index (χ1v) is 15.9. The van der Waals surface area contributed by atoms with Crippen molar-refractivity contribution in [2.45, 2.75) is 132 Å². The van der Waals surface area contributed by atoms with E-state index in [1.165, 1.54) is 0 Å². The summed E-state index contributed by atoms with van der Waals surface area (Å²) < 4.78 is 0. The van der Waals surface area contributed by atoms with Crippen LogP contribution in [0.1, 0.15) is 72.1 Å². The molecular weight excluding hydrogens is 546 g/mol. The smallest absolute Gasteiger partial charge is 0.159 e. The van der Waals surface area contributed by atoms with Crippen LogP contribution in [0.4, 0.5) is 0 Å². The molecule has 14 atom stereocenters. The van der Waals surface area contributed by atoms with E-state index in [2.05, 4.69) is 39.8 Å². The minimum absolute atomic E-state index is 0.0687. The van der Waals surface area contributed by atoms with E-state index in [4.69, 9.17) is 0 Å². The van der Waals surface area contributed by atoms with Crippen LogP contribution in [0, 0.1) is 46.8 Å². The third-order valence-corrected chi connectivity index (χ3v) is 12.8. The van der Waals surface area contributed by atoms with Crippen molar-refractivity contribution in [3.05, 3.63) is 0 Å². The molecule has 0 saturated heterocycles. The van der Waals surface area contributed by atoms with Gasteiger partial charge in [0.25, 0.3) is 0 Å². The van der Waals surface area contributed by atoms with Crippen LogP contribution in [-0.4, -0.2) is 130 Å². The highest BCUT2D eigenvalue weighted by atomic mass is 16.5. The van der Waals surface area contributed by atoms with E-state index in [0.717, 1.165) is 32.1 Å². The van der Waals surface area contributed by atoms with Crippen molar-refractivity contribution >= 4 is 0 Å². The fourth-order valence-electron chi connectivity index (χ4n) is 10.6. The minimum Gasteiger partial charge on any atom is -0.392 e. The lowest BCUT2D eigenvalue weighted by Crippen LogP contribution is -2.84. The standard InChI is InChI=1S/C31H55NO10/c1-28(2,3)18-10-16(14-6-8-15(9-7-14)32(4)5)17-11-29(40)13-30(41)12-19(33)21(27(38)39)25(36)31(30,42)26(37)22(29)24(35)20(17)23(18)34/h14-27,33-42H,6-13H2,1-5H3. The Bertz CT molecular complexity index is 983. The Labute approximate surface area is 248 Å². The molecule has 14 unspecified atom stereocenters. The Kier molecular flexibility index (Phi) is 8.49. The minimum atomic E-state index is -2.78. The number of fused-ring (bicyclic) bond motifs is 3. The average molecular weight is 602 g/mol. The Balaban J connectivity index is 1.54. The lowest BCUT2D eigenvalue weighted by atomic mass is 9.43. The predicted octanol–water partition coefficient (Wildman–Crippen LogP) is -1.23. The fraction of sp³-hybridized carbons (Fsp3) is 1.00. The summed E-state index contributed by atoms with van der Waals surface area (Å²) in [5, 5.41) is 113. The summed E-state index contributed by atoms with van der Waals surface area (Å²) in [6, 6.07) is 0.487. The van der Waals surface area contributed by atoms with Gasteiger partial charge < -0.3 is 56.0 Å². The first kappa shape index (κ1) is 32.9. The molecule has 10 N–H and O–H groups in total. The van der Waals surface area contributed by atoms with Crippen LogP contribution in [0.25, 0.3) is 0 Å². The highest BCUT2D eigenvalue weighted by Crippen LogP contribution is 2.63. The first-order chi connectivity index (χ1) is 19.3. The zero-order valence-electron chi connectivity index (χ0n) is 25.7. The predicted molar refractivity (Wildman–Crippen MR) is 151 cm³/mol. The number of rotatable bonds is 3. The van der Waals surface area contributed by atoms with Crippen LogP contribution in [0.2, 0.25) is 0 Å². The zero-order valence-corrected chi connectivity index (χ0v) is 25.7. The summed E-state index contributed by atoms with van der Waals surface area (Å²) in [4.78, 5) is 2.25. The molecule has 5 fully saturated rings. The molecule has 42 heavy (non-hydrogen) atoms. The van der Waals surface area contributed by atoms with Crippen molar-refractivity contribution in [3.63, 3.8) is 0 Å². The van der Waals surface area contributed by atoms with Gasteiger partial charge in [-0.2, -0.15) is 0 Å².